The predicted molar refractivity (Wildman–Crippen MR) is 47.7 cm³/mol. The lowest BCUT2D eigenvalue weighted by atomic mass is 10.2. The molecular weight excluding hydrogens is 154 g/mol. The van der Waals surface area contributed by atoms with E-state index in [-0.39, 0.29) is 18.0 Å². The minimum Gasteiger partial charge on any atom is -0.339 e. The van der Waals surface area contributed by atoms with E-state index in [0.717, 1.165) is 13.1 Å². The number of hydrogen-bond donors (Lipinski definition) is 2. The first-order valence-corrected chi connectivity index (χ1v) is 4.39. The third-order valence-corrected chi connectivity index (χ3v) is 2.02. The molecule has 0 saturated carbocycles. The van der Waals surface area contributed by atoms with Crippen LogP contribution in [0.4, 0.5) is 0 Å². The van der Waals surface area contributed by atoms with Gasteiger partial charge in [0.05, 0.1) is 6.04 Å². The number of nitrogens with zero attached hydrogens (tertiary/aromatic N) is 1. The van der Waals surface area contributed by atoms with Gasteiger partial charge in [0.1, 0.15) is 0 Å². The molecule has 2 unspecified atom stereocenters. The van der Waals surface area contributed by atoms with Crippen LogP contribution in [0.2, 0.25) is 0 Å². The zero-order chi connectivity index (χ0) is 9.14. The molecule has 1 aliphatic heterocycles. The van der Waals surface area contributed by atoms with E-state index in [1.165, 1.54) is 0 Å². The van der Waals surface area contributed by atoms with Crippen LogP contribution >= 0.6 is 0 Å². The number of rotatable bonds is 2. The lowest BCUT2D eigenvalue weighted by molar-refractivity contribution is -0.135. The maximum Gasteiger partial charge on any atom is 0.239 e. The van der Waals surface area contributed by atoms with Crippen LogP contribution in [0.3, 0.4) is 0 Å². The summed E-state index contributed by atoms with van der Waals surface area (Å²) in [6.45, 7) is 6.13. The van der Waals surface area contributed by atoms with Gasteiger partial charge in [-0.25, -0.2) is 0 Å². The van der Waals surface area contributed by atoms with Gasteiger partial charge in [-0.15, -0.1) is 0 Å². The summed E-state index contributed by atoms with van der Waals surface area (Å²) in [7, 11) is 0. The normalized spacial score (nSPS) is 27.4. The highest BCUT2D eigenvalue weighted by Crippen LogP contribution is 2.00. The van der Waals surface area contributed by atoms with E-state index in [2.05, 4.69) is 5.32 Å². The standard InChI is InChI=1S/C8H17N3O/c1-6(9)5-11-4-3-10-7(2)8(11)12/h6-7,10H,3-5,9H2,1-2H3. The zero-order valence-corrected chi connectivity index (χ0v) is 7.71. The van der Waals surface area contributed by atoms with Gasteiger partial charge in [-0.05, 0) is 13.8 Å². The highest BCUT2D eigenvalue weighted by atomic mass is 16.2. The highest BCUT2D eigenvalue weighted by molar-refractivity contribution is 5.82. The van der Waals surface area contributed by atoms with Gasteiger partial charge in [-0.2, -0.15) is 0 Å². The molecule has 1 aliphatic rings. The lowest BCUT2D eigenvalue weighted by Crippen LogP contribution is -2.55. The molecule has 0 spiro atoms. The van der Waals surface area contributed by atoms with Crippen molar-refractivity contribution in [1.82, 2.24) is 10.2 Å². The smallest absolute Gasteiger partial charge is 0.239 e. The Morgan fingerprint density at radius 1 is 1.83 bits per heavy atom. The number of nitrogens with two attached hydrogens (primary N) is 1. The van der Waals surface area contributed by atoms with E-state index >= 15 is 0 Å². The molecule has 1 saturated heterocycles. The van der Waals surface area contributed by atoms with Crippen molar-refractivity contribution in [3.63, 3.8) is 0 Å². The number of nitrogens with one attached hydrogen (secondary N) is 1. The van der Waals surface area contributed by atoms with Crippen LogP contribution in [0.1, 0.15) is 13.8 Å². The third-order valence-electron chi connectivity index (χ3n) is 2.02. The van der Waals surface area contributed by atoms with Gasteiger partial charge in [0.2, 0.25) is 5.91 Å². The van der Waals surface area contributed by atoms with Gasteiger partial charge < -0.3 is 16.0 Å². The molecule has 1 rings (SSSR count). The Morgan fingerprint density at radius 3 is 3.08 bits per heavy atom. The molecule has 3 N–H and O–H groups in total. The maximum absolute atomic E-state index is 11.5. The van der Waals surface area contributed by atoms with Crippen molar-refractivity contribution in [1.29, 1.82) is 0 Å². The van der Waals surface area contributed by atoms with Crippen molar-refractivity contribution < 1.29 is 4.79 Å². The molecule has 70 valence electrons. The number of amides is 1. The van der Waals surface area contributed by atoms with Crippen molar-refractivity contribution >= 4 is 5.91 Å². The minimum absolute atomic E-state index is 0.0440. The number of carbonyl (C=O) groups is 1. The predicted octanol–water partition coefficient (Wildman–Crippen LogP) is -0.846. The van der Waals surface area contributed by atoms with E-state index < -0.39 is 0 Å². The molecule has 2 atom stereocenters. The molecule has 0 aromatic heterocycles. The van der Waals surface area contributed by atoms with Crippen LogP contribution in [-0.4, -0.2) is 42.5 Å². The van der Waals surface area contributed by atoms with Crippen LogP contribution in [0.15, 0.2) is 0 Å². The molecule has 0 aromatic carbocycles. The summed E-state index contributed by atoms with van der Waals surface area (Å²) in [6.07, 6.45) is 0. The van der Waals surface area contributed by atoms with Gasteiger partial charge in [0.25, 0.3) is 0 Å². The Labute approximate surface area is 73.1 Å². The first-order valence-electron chi connectivity index (χ1n) is 4.39. The Kier molecular flexibility index (Phi) is 3.05. The van der Waals surface area contributed by atoms with Crippen molar-refractivity contribution in [2.75, 3.05) is 19.6 Å². The van der Waals surface area contributed by atoms with Crippen molar-refractivity contribution in [2.24, 2.45) is 5.73 Å². The Balaban J connectivity index is 2.46. The second-order valence-corrected chi connectivity index (χ2v) is 3.44. The van der Waals surface area contributed by atoms with Gasteiger partial charge in [-0.3, -0.25) is 4.79 Å². The first kappa shape index (κ1) is 9.48. The second kappa shape index (κ2) is 3.87. The van der Waals surface area contributed by atoms with Gasteiger partial charge in [0.15, 0.2) is 0 Å². The average molecular weight is 171 g/mol. The van der Waals surface area contributed by atoms with Crippen LogP contribution in [0.5, 0.6) is 0 Å². The fourth-order valence-corrected chi connectivity index (χ4v) is 1.42. The summed E-state index contributed by atoms with van der Waals surface area (Å²) in [5.41, 5.74) is 5.62. The molecule has 0 bridgehead atoms. The van der Waals surface area contributed by atoms with Crippen LogP contribution in [-0.2, 0) is 4.79 Å². The monoisotopic (exact) mass is 171 g/mol. The fourth-order valence-electron chi connectivity index (χ4n) is 1.42. The van der Waals surface area contributed by atoms with Gasteiger partial charge in [0, 0.05) is 25.7 Å². The third kappa shape index (κ3) is 2.19. The number of piperazine rings is 1. The largest absolute Gasteiger partial charge is 0.339 e. The van der Waals surface area contributed by atoms with Crippen molar-refractivity contribution in [3.8, 4) is 0 Å². The summed E-state index contributed by atoms with van der Waals surface area (Å²) in [5, 5.41) is 3.10. The summed E-state index contributed by atoms with van der Waals surface area (Å²) >= 11 is 0. The SMILES string of the molecule is CC(N)CN1CCNC(C)C1=O. The molecule has 4 heteroatoms. The van der Waals surface area contributed by atoms with Crippen molar-refractivity contribution in [3.05, 3.63) is 0 Å². The quantitative estimate of drug-likeness (QED) is 0.569. The Hall–Kier alpha value is -0.610. The molecule has 4 nitrogen and oxygen atoms in total. The van der Waals surface area contributed by atoms with Crippen LogP contribution < -0.4 is 11.1 Å². The zero-order valence-electron chi connectivity index (χ0n) is 7.71. The van der Waals surface area contributed by atoms with E-state index in [0.29, 0.717) is 6.54 Å². The van der Waals surface area contributed by atoms with E-state index in [1.807, 2.05) is 18.7 Å². The molecule has 0 radical (unpaired) electrons. The molecule has 0 aromatic rings. The first-order chi connectivity index (χ1) is 5.61. The van der Waals surface area contributed by atoms with E-state index in [1.54, 1.807) is 0 Å². The molecular formula is C8H17N3O. The lowest BCUT2D eigenvalue weighted by Gasteiger charge is -2.32. The van der Waals surface area contributed by atoms with E-state index in [4.69, 9.17) is 5.73 Å². The highest BCUT2D eigenvalue weighted by Gasteiger charge is 2.24. The summed E-state index contributed by atoms with van der Waals surface area (Å²) in [4.78, 5) is 13.3. The summed E-state index contributed by atoms with van der Waals surface area (Å²) < 4.78 is 0. The number of carbonyl (C=O) groups excluding carboxylic acids is 1. The van der Waals surface area contributed by atoms with Crippen molar-refractivity contribution in [2.45, 2.75) is 25.9 Å². The molecule has 12 heavy (non-hydrogen) atoms. The van der Waals surface area contributed by atoms with Gasteiger partial charge in [-0.1, -0.05) is 0 Å². The Morgan fingerprint density at radius 2 is 2.50 bits per heavy atom. The average Bonchev–Trinajstić information content (AvgIpc) is 1.98. The van der Waals surface area contributed by atoms with Crippen LogP contribution in [0, 0.1) is 0 Å². The molecule has 1 amide bonds. The fraction of sp³-hybridized carbons (Fsp3) is 0.875. The summed E-state index contributed by atoms with van der Waals surface area (Å²) in [5.74, 6) is 0.165. The summed E-state index contributed by atoms with van der Waals surface area (Å²) in [6, 6.07) is 0.0248. The molecule has 1 heterocycles. The minimum atomic E-state index is -0.0440. The second-order valence-electron chi connectivity index (χ2n) is 3.44. The maximum atomic E-state index is 11.5. The topological polar surface area (TPSA) is 58.4 Å². The van der Waals surface area contributed by atoms with Gasteiger partial charge >= 0.3 is 0 Å². The molecule has 1 fully saturated rings. The number of hydrogen-bond acceptors (Lipinski definition) is 3. The van der Waals surface area contributed by atoms with E-state index in [9.17, 15) is 4.79 Å². The Bertz CT molecular complexity index is 170. The molecule has 0 aliphatic carbocycles. The van der Waals surface area contributed by atoms with Crippen LogP contribution in [0.25, 0.3) is 0 Å².